The van der Waals surface area contributed by atoms with Crippen molar-refractivity contribution in [3.8, 4) is 11.5 Å². The van der Waals surface area contributed by atoms with E-state index in [0.717, 1.165) is 16.4 Å². The van der Waals surface area contributed by atoms with E-state index < -0.39 is 40.2 Å². The normalized spacial score (nSPS) is 11.8. The van der Waals surface area contributed by atoms with Crippen molar-refractivity contribution in [2.45, 2.75) is 31.3 Å². The van der Waals surface area contributed by atoms with Crippen molar-refractivity contribution in [3.05, 3.63) is 84.2 Å². The standard InChI is InChI=1S/C28H32FN3O6S/c1-5-38-25-14-16-26(17-15-25)39(35,36)32(23-10-8-22(29)9-11-23)19-27(33)31(20(2)28(34)30-3)18-21-6-12-24(37-4)13-7-21/h6-17,20H,5,18-19H2,1-4H3,(H,30,34). The summed E-state index contributed by atoms with van der Waals surface area (Å²) >= 11 is 0. The van der Waals surface area contributed by atoms with E-state index in [0.29, 0.717) is 23.7 Å². The molecule has 0 aliphatic carbocycles. The molecule has 0 aliphatic rings. The molecule has 208 valence electrons. The number of benzene rings is 3. The molecule has 3 aromatic rings. The first kappa shape index (κ1) is 29.4. The number of ether oxygens (including phenoxy) is 2. The van der Waals surface area contributed by atoms with Gasteiger partial charge in [0, 0.05) is 13.6 Å². The zero-order valence-electron chi connectivity index (χ0n) is 22.3. The molecule has 0 fully saturated rings. The smallest absolute Gasteiger partial charge is 0.264 e. The molecule has 3 aromatic carbocycles. The van der Waals surface area contributed by atoms with E-state index in [1.807, 2.05) is 6.92 Å². The van der Waals surface area contributed by atoms with Crippen LogP contribution in [0.15, 0.2) is 77.7 Å². The second-order valence-electron chi connectivity index (χ2n) is 8.55. The van der Waals surface area contributed by atoms with Gasteiger partial charge in [-0.15, -0.1) is 0 Å². The molecule has 39 heavy (non-hydrogen) atoms. The number of likely N-dealkylation sites (N-methyl/N-ethyl adjacent to an activating group) is 1. The van der Waals surface area contributed by atoms with Crippen LogP contribution in [0.5, 0.6) is 11.5 Å². The Morgan fingerprint density at radius 2 is 1.54 bits per heavy atom. The van der Waals surface area contributed by atoms with Gasteiger partial charge in [0.25, 0.3) is 10.0 Å². The summed E-state index contributed by atoms with van der Waals surface area (Å²) in [7, 11) is -1.28. The van der Waals surface area contributed by atoms with Gasteiger partial charge in [-0.2, -0.15) is 0 Å². The predicted octanol–water partition coefficient (Wildman–Crippen LogP) is 3.59. The van der Waals surface area contributed by atoms with Gasteiger partial charge < -0.3 is 19.7 Å². The van der Waals surface area contributed by atoms with E-state index in [1.165, 1.54) is 55.5 Å². The van der Waals surface area contributed by atoms with Gasteiger partial charge in [-0.25, -0.2) is 12.8 Å². The van der Waals surface area contributed by atoms with Crippen molar-refractivity contribution >= 4 is 27.5 Å². The molecule has 9 nitrogen and oxygen atoms in total. The Bertz CT molecular complexity index is 1360. The Labute approximate surface area is 228 Å². The molecule has 0 radical (unpaired) electrons. The molecule has 1 atom stereocenters. The number of halogens is 1. The summed E-state index contributed by atoms with van der Waals surface area (Å²) < 4.78 is 52.7. The number of amides is 2. The van der Waals surface area contributed by atoms with Crippen molar-refractivity contribution < 1.29 is 31.9 Å². The Hall–Kier alpha value is -4.12. The van der Waals surface area contributed by atoms with Crippen molar-refractivity contribution in [2.75, 3.05) is 31.6 Å². The molecule has 2 amide bonds. The van der Waals surface area contributed by atoms with Gasteiger partial charge in [0.1, 0.15) is 29.9 Å². The minimum atomic E-state index is -4.27. The van der Waals surface area contributed by atoms with Gasteiger partial charge in [-0.05, 0) is 80.1 Å². The lowest BCUT2D eigenvalue weighted by molar-refractivity contribution is -0.139. The maximum atomic E-state index is 13.8. The number of nitrogens with zero attached hydrogens (tertiary/aromatic N) is 2. The fraction of sp³-hybridized carbons (Fsp3) is 0.286. The molecular weight excluding hydrogens is 525 g/mol. The van der Waals surface area contributed by atoms with E-state index in [1.54, 1.807) is 31.2 Å². The maximum absolute atomic E-state index is 13.8. The van der Waals surface area contributed by atoms with E-state index in [-0.39, 0.29) is 17.1 Å². The van der Waals surface area contributed by atoms with E-state index >= 15 is 0 Å². The highest BCUT2D eigenvalue weighted by atomic mass is 32.2. The Balaban J connectivity index is 2.00. The summed E-state index contributed by atoms with van der Waals surface area (Å²) in [6, 6.07) is 16.6. The lowest BCUT2D eigenvalue weighted by Gasteiger charge is -2.31. The number of hydrogen-bond acceptors (Lipinski definition) is 6. The minimum Gasteiger partial charge on any atom is -0.497 e. The Morgan fingerprint density at radius 1 is 0.949 bits per heavy atom. The topological polar surface area (TPSA) is 105 Å². The molecule has 0 bridgehead atoms. The average molecular weight is 558 g/mol. The highest BCUT2D eigenvalue weighted by molar-refractivity contribution is 7.92. The second-order valence-corrected chi connectivity index (χ2v) is 10.4. The van der Waals surface area contributed by atoms with Crippen molar-refractivity contribution in [1.82, 2.24) is 10.2 Å². The molecule has 1 N–H and O–H groups in total. The molecule has 0 heterocycles. The number of rotatable bonds is 12. The van der Waals surface area contributed by atoms with E-state index in [9.17, 15) is 22.4 Å². The molecule has 0 saturated heterocycles. The van der Waals surface area contributed by atoms with Crippen LogP contribution < -0.4 is 19.1 Å². The monoisotopic (exact) mass is 557 g/mol. The quantitative estimate of drug-likeness (QED) is 0.365. The summed E-state index contributed by atoms with van der Waals surface area (Å²) in [5.41, 5.74) is 0.804. The summed E-state index contributed by atoms with van der Waals surface area (Å²) in [6.07, 6.45) is 0. The van der Waals surface area contributed by atoms with E-state index in [2.05, 4.69) is 5.32 Å². The Morgan fingerprint density at radius 3 is 2.08 bits per heavy atom. The number of anilines is 1. The van der Waals surface area contributed by atoms with Gasteiger partial charge >= 0.3 is 0 Å². The number of methoxy groups -OCH3 is 1. The minimum absolute atomic E-state index is 0.0395. The fourth-order valence-corrected chi connectivity index (χ4v) is 5.27. The number of hydrogen-bond donors (Lipinski definition) is 1. The van der Waals surface area contributed by atoms with Crippen LogP contribution in [0, 0.1) is 5.82 Å². The van der Waals surface area contributed by atoms with Crippen molar-refractivity contribution in [3.63, 3.8) is 0 Å². The molecule has 0 saturated carbocycles. The van der Waals surface area contributed by atoms with Crippen LogP contribution >= 0.6 is 0 Å². The third-order valence-electron chi connectivity index (χ3n) is 6.04. The van der Waals surface area contributed by atoms with Gasteiger partial charge in [-0.3, -0.25) is 13.9 Å². The van der Waals surface area contributed by atoms with Crippen LogP contribution in [0.3, 0.4) is 0 Å². The largest absolute Gasteiger partial charge is 0.497 e. The van der Waals surface area contributed by atoms with Crippen LogP contribution in [-0.2, 0) is 26.2 Å². The number of sulfonamides is 1. The SMILES string of the molecule is CCOc1ccc(S(=O)(=O)N(CC(=O)N(Cc2ccc(OC)cc2)C(C)C(=O)NC)c2ccc(F)cc2)cc1. The summed E-state index contributed by atoms with van der Waals surface area (Å²) in [4.78, 5) is 27.5. The van der Waals surface area contributed by atoms with Crippen LogP contribution in [0.1, 0.15) is 19.4 Å². The fourth-order valence-electron chi connectivity index (χ4n) is 3.86. The van der Waals surface area contributed by atoms with Crippen LogP contribution in [0.2, 0.25) is 0 Å². The van der Waals surface area contributed by atoms with E-state index in [4.69, 9.17) is 9.47 Å². The lowest BCUT2D eigenvalue weighted by atomic mass is 10.1. The van der Waals surface area contributed by atoms with Gasteiger partial charge in [0.15, 0.2) is 0 Å². The molecule has 11 heteroatoms. The molecule has 3 rings (SSSR count). The molecular formula is C28H32FN3O6S. The van der Waals surface area contributed by atoms with Gasteiger partial charge in [0.2, 0.25) is 11.8 Å². The van der Waals surface area contributed by atoms with Crippen LogP contribution in [0.4, 0.5) is 10.1 Å². The molecule has 0 spiro atoms. The lowest BCUT2D eigenvalue weighted by Crippen LogP contribution is -2.50. The van der Waals surface area contributed by atoms with Crippen molar-refractivity contribution in [1.29, 1.82) is 0 Å². The first-order valence-electron chi connectivity index (χ1n) is 12.3. The first-order chi connectivity index (χ1) is 18.6. The highest BCUT2D eigenvalue weighted by Crippen LogP contribution is 2.26. The third kappa shape index (κ3) is 7.26. The number of carbonyl (C=O) groups is 2. The molecule has 0 aliphatic heterocycles. The van der Waals surface area contributed by atoms with Crippen LogP contribution in [-0.4, -0.2) is 58.5 Å². The average Bonchev–Trinajstić information content (AvgIpc) is 2.95. The number of carbonyl (C=O) groups excluding carboxylic acids is 2. The van der Waals surface area contributed by atoms with Gasteiger partial charge in [0.05, 0.1) is 24.3 Å². The first-order valence-corrected chi connectivity index (χ1v) is 13.7. The third-order valence-corrected chi connectivity index (χ3v) is 7.83. The zero-order chi connectivity index (χ0) is 28.6. The zero-order valence-corrected chi connectivity index (χ0v) is 23.1. The van der Waals surface area contributed by atoms with Crippen molar-refractivity contribution in [2.24, 2.45) is 0 Å². The van der Waals surface area contributed by atoms with Crippen LogP contribution in [0.25, 0.3) is 0 Å². The second kappa shape index (κ2) is 13.1. The summed E-state index contributed by atoms with van der Waals surface area (Å²) in [5, 5.41) is 2.53. The summed E-state index contributed by atoms with van der Waals surface area (Å²) in [5.74, 6) is -0.482. The summed E-state index contributed by atoms with van der Waals surface area (Å²) in [6.45, 7) is 3.19. The molecule has 1 unspecified atom stereocenters. The highest BCUT2D eigenvalue weighted by Gasteiger charge is 2.32. The Kier molecular flexibility index (Phi) is 9.89. The number of nitrogens with one attached hydrogen (secondary N) is 1. The molecule has 0 aromatic heterocycles. The van der Waals surface area contributed by atoms with Gasteiger partial charge in [-0.1, -0.05) is 12.1 Å². The predicted molar refractivity (Wildman–Crippen MR) is 146 cm³/mol. The maximum Gasteiger partial charge on any atom is 0.264 e.